The zero-order valence-corrected chi connectivity index (χ0v) is 18.1. The fraction of sp³-hybridized carbons (Fsp3) is 1.00. The van der Waals surface area contributed by atoms with Gasteiger partial charge in [0.25, 0.3) is 0 Å². The van der Waals surface area contributed by atoms with Crippen molar-refractivity contribution in [3.63, 3.8) is 0 Å². The van der Waals surface area contributed by atoms with E-state index in [1.807, 2.05) is 0 Å². The number of aliphatic hydroxyl groups is 9. The Labute approximate surface area is 195 Å². The van der Waals surface area contributed by atoms with Crippen molar-refractivity contribution in [3.8, 4) is 0 Å². The lowest BCUT2D eigenvalue weighted by Gasteiger charge is -2.43. The summed E-state index contributed by atoms with van der Waals surface area (Å²) in [7, 11) is 6.72. The van der Waals surface area contributed by atoms with E-state index in [-0.39, 0.29) is 0 Å². The van der Waals surface area contributed by atoms with Gasteiger partial charge in [0.05, 0.1) is 13.2 Å². The molecular formula is C18H31BO15. The van der Waals surface area contributed by atoms with E-state index in [1.54, 1.807) is 0 Å². The Morgan fingerprint density at radius 2 is 0.912 bits per heavy atom. The second-order valence-electron chi connectivity index (χ2n) is 8.37. The van der Waals surface area contributed by atoms with Crippen LogP contribution in [0, 0.1) is 0 Å². The van der Waals surface area contributed by atoms with Gasteiger partial charge in [-0.1, -0.05) is 0 Å². The molecular weight excluding hydrogens is 467 g/mol. The molecule has 9 N–H and O–H groups in total. The summed E-state index contributed by atoms with van der Waals surface area (Å²) in [6, 6.07) is -1.36. The molecule has 0 aromatic rings. The van der Waals surface area contributed by atoms with Crippen molar-refractivity contribution in [2.75, 3.05) is 20.3 Å². The fourth-order valence-electron chi connectivity index (χ4n) is 3.83. The second-order valence-corrected chi connectivity index (χ2v) is 8.37. The highest BCUT2D eigenvalue weighted by Crippen LogP contribution is 2.27. The van der Waals surface area contributed by atoms with Crippen LogP contribution in [0.4, 0.5) is 0 Å². The van der Waals surface area contributed by atoms with Gasteiger partial charge >= 0.3 is 0 Å². The highest BCUT2D eigenvalue weighted by molar-refractivity contribution is 6.11. The maximum absolute atomic E-state index is 10.2. The minimum atomic E-state index is -1.75. The van der Waals surface area contributed by atoms with Gasteiger partial charge < -0.3 is 74.4 Å². The third-order valence-corrected chi connectivity index (χ3v) is 6.03. The average Bonchev–Trinajstić information content (AvgIpc) is 2.82. The number of ether oxygens (including phenoxy) is 6. The topological polar surface area (TPSA) is 237 Å². The molecule has 2 unspecified atom stereocenters. The highest BCUT2D eigenvalue weighted by atomic mass is 16.7. The molecule has 16 heteroatoms. The van der Waals surface area contributed by atoms with E-state index in [0.717, 1.165) is 0 Å². The van der Waals surface area contributed by atoms with Crippen LogP contribution >= 0.6 is 0 Å². The zero-order chi connectivity index (χ0) is 25.3. The quantitative estimate of drug-likeness (QED) is 0.148. The van der Waals surface area contributed by atoms with Gasteiger partial charge in [0.2, 0.25) is 0 Å². The van der Waals surface area contributed by atoms with E-state index in [0.29, 0.717) is 0 Å². The molecule has 3 aliphatic rings. The Hall–Kier alpha value is -0.535. The minimum Gasteiger partial charge on any atom is -0.388 e. The monoisotopic (exact) mass is 498 g/mol. The standard InChI is InChI=1S/C18H31BO15/c1-29-16-12(26)8(22)6(20)4(32-16)2-30-17-13(27)9(23)7(21)5(33-17)3-31-18-14(28)10(24)11(25)15(19)34-18/h4-18,20-28H,2-3H2,1H3/t4-,5?,6-,7-,8+,9+,10+,11+,12-,13-,14-,15+,16?,17-,18-/m1/s1. The van der Waals surface area contributed by atoms with Crippen molar-refractivity contribution in [2.45, 2.75) is 92.0 Å². The van der Waals surface area contributed by atoms with Crippen LogP contribution in [0.15, 0.2) is 0 Å². The van der Waals surface area contributed by atoms with Gasteiger partial charge in [-0.2, -0.15) is 0 Å². The highest BCUT2D eigenvalue weighted by Gasteiger charge is 2.48. The van der Waals surface area contributed by atoms with Crippen LogP contribution < -0.4 is 0 Å². The first-order valence-electron chi connectivity index (χ1n) is 10.6. The maximum atomic E-state index is 10.2. The molecule has 0 aliphatic carbocycles. The number of hydrogen-bond acceptors (Lipinski definition) is 15. The van der Waals surface area contributed by atoms with E-state index < -0.39 is 105 Å². The van der Waals surface area contributed by atoms with E-state index in [1.165, 1.54) is 7.11 Å². The summed E-state index contributed by atoms with van der Waals surface area (Å²) in [5.74, 6) is 0. The molecule has 3 heterocycles. The maximum Gasteiger partial charge on any atom is 0.186 e. The van der Waals surface area contributed by atoms with Crippen LogP contribution in [-0.4, -0.2) is 166 Å². The zero-order valence-electron chi connectivity index (χ0n) is 18.1. The number of methoxy groups -OCH3 is 1. The Bertz CT molecular complexity index is 644. The van der Waals surface area contributed by atoms with Gasteiger partial charge in [0, 0.05) is 13.1 Å². The second kappa shape index (κ2) is 11.7. The van der Waals surface area contributed by atoms with Crippen molar-refractivity contribution in [1.82, 2.24) is 0 Å². The molecule has 0 spiro atoms. The Kier molecular flexibility index (Phi) is 9.63. The van der Waals surface area contributed by atoms with Crippen molar-refractivity contribution in [3.05, 3.63) is 0 Å². The summed E-state index contributed by atoms with van der Waals surface area (Å²) in [5.41, 5.74) is 0. The molecule has 15 nitrogen and oxygen atoms in total. The normalized spacial score (nSPS) is 52.5. The van der Waals surface area contributed by atoms with Crippen LogP contribution in [0.3, 0.4) is 0 Å². The molecule has 0 aromatic carbocycles. The first kappa shape index (κ1) is 28.0. The summed E-state index contributed by atoms with van der Waals surface area (Å²) < 4.78 is 31.4. The van der Waals surface area contributed by atoms with Gasteiger partial charge in [-0.15, -0.1) is 0 Å². The summed E-state index contributed by atoms with van der Waals surface area (Å²) in [4.78, 5) is 0. The summed E-state index contributed by atoms with van der Waals surface area (Å²) >= 11 is 0. The Balaban J connectivity index is 1.58. The smallest absolute Gasteiger partial charge is 0.186 e. The fourth-order valence-corrected chi connectivity index (χ4v) is 3.83. The average molecular weight is 498 g/mol. The Morgan fingerprint density at radius 3 is 1.38 bits per heavy atom. The first-order valence-corrected chi connectivity index (χ1v) is 10.6. The first-order chi connectivity index (χ1) is 16.0. The molecule has 3 saturated heterocycles. The third-order valence-electron chi connectivity index (χ3n) is 6.03. The molecule has 34 heavy (non-hydrogen) atoms. The van der Waals surface area contributed by atoms with Gasteiger partial charge in [-0.25, -0.2) is 0 Å². The predicted octanol–water partition coefficient (Wildman–Crippen LogP) is -6.79. The molecule has 0 saturated carbocycles. The largest absolute Gasteiger partial charge is 0.388 e. The molecule has 15 atom stereocenters. The molecule has 0 amide bonds. The minimum absolute atomic E-state index is 0.480. The molecule has 0 aromatic heterocycles. The predicted molar refractivity (Wildman–Crippen MR) is 105 cm³/mol. The Morgan fingerprint density at radius 1 is 0.529 bits per heavy atom. The molecule has 3 aliphatic heterocycles. The van der Waals surface area contributed by atoms with Crippen LogP contribution in [0.5, 0.6) is 0 Å². The van der Waals surface area contributed by atoms with Crippen molar-refractivity contribution >= 4 is 7.85 Å². The van der Waals surface area contributed by atoms with Gasteiger partial charge in [0.1, 0.15) is 75.0 Å². The lowest BCUT2D eigenvalue weighted by molar-refractivity contribution is -0.337. The molecule has 196 valence electrons. The number of aliphatic hydroxyl groups excluding tert-OH is 9. The molecule has 3 rings (SSSR count). The van der Waals surface area contributed by atoms with Crippen LogP contribution in [0.25, 0.3) is 0 Å². The van der Waals surface area contributed by atoms with Crippen LogP contribution in [0.2, 0.25) is 0 Å². The summed E-state index contributed by atoms with van der Waals surface area (Å²) in [6.07, 6.45) is -21.6. The number of rotatable bonds is 7. The van der Waals surface area contributed by atoms with E-state index in [2.05, 4.69) is 0 Å². The number of hydrogen-bond donors (Lipinski definition) is 9. The van der Waals surface area contributed by atoms with Gasteiger partial charge in [-0.05, 0) is 0 Å². The van der Waals surface area contributed by atoms with E-state index >= 15 is 0 Å². The van der Waals surface area contributed by atoms with E-state index in [9.17, 15) is 46.0 Å². The molecule has 2 radical (unpaired) electrons. The van der Waals surface area contributed by atoms with E-state index in [4.69, 9.17) is 36.3 Å². The lowest BCUT2D eigenvalue weighted by Crippen LogP contribution is -2.62. The SMILES string of the molecule is [B][C@H]1O[C@@H](OCC2O[C@@H](OC[C@H]3OC(OC)[C@H](O)[C@@H](O)[C@@H]3O)[C@H](O)[C@@H](O)[C@@H]2O)[C@H](O)[C@@H](O)[C@@H]1O. The van der Waals surface area contributed by atoms with Gasteiger partial charge in [-0.3, -0.25) is 0 Å². The van der Waals surface area contributed by atoms with Crippen molar-refractivity contribution < 1.29 is 74.4 Å². The third kappa shape index (κ3) is 5.72. The summed E-state index contributed by atoms with van der Waals surface area (Å²) in [6.45, 7) is -1.01. The summed E-state index contributed by atoms with van der Waals surface area (Å²) in [5, 5.41) is 89.9. The van der Waals surface area contributed by atoms with Gasteiger partial charge in [0.15, 0.2) is 18.9 Å². The molecule has 0 bridgehead atoms. The van der Waals surface area contributed by atoms with Crippen molar-refractivity contribution in [2.24, 2.45) is 0 Å². The van der Waals surface area contributed by atoms with Crippen molar-refractivity contribution in [1.29, 1.82) is 0 Å². The van der Waals surface area contributed by atoms with Crippen LogP contribution in [0.1, 0.15) is 0 Å². The van der Waals surface area contributed by atoms with Crippen LogP contribution in [-0.2, 0) is 28.4 Å². The lowest BCUT2D eigenvalue weighted by atomic mass is 9.86. The molecule has 3 fully saturated rings.